The first-order valence-corrected chi connectivity index (χ1v) is 10.6. The highest BCUT2D eigenvalue weighted by Crippen LogP contribution is 2.39. The molecule has 1 aliphatic heterocycles. The number of rotatable bonds is 4. The van der Waals surface area contributed by atoms with Gasteiger partial charge in [0.15, 0.2) is 0 Å². The first-order chi connectivity index (χ1) is 14.6. The Morgan fingerprint density at radius 3 is 2.39 bits per heavy atom. The molecule has 0 unspecified atom stereocenters. The molecule has 0 fully saturated rings. The van der Waals surface area contributed by atoms with E-state index in [4.69, 9.17) is 23.2 Å². The number of carbonyl (C=O) groups excluding carboxylic acids is 1. The Balaban J connectivity index is 1.78. The van der Waals surface area contributed by atoms with E-state index in [1.807, 2.05) is 43.9 Å². The molecule has 0 radical (unpaired) electrons. The lowest BCUT2D eigenvalue weighted by Crippen LogP contribution is -2.39. The van der Waals surface area contributed by atoms with Crippen molar-refractivity contribution in [1.82, 2.24) is 14.9 Å². The fraction of sp³-hybridized carbons (Fsp3) is 0.261. The standard InChI is InChI=1S/C23H21Cl2FN4O/c1-23(2,3)30(16-10-8-15(26)9-11-16)20-17-13-29(12-14-6-4-5-7-18(14)24)21(31)19(17)27-22(25)28-20/h4-11H,12-13H2,1-3H3. The van der Waals surface area contributed by atoms with Gasteiger partial charge >= 0.3 is 0 Å². The topological polar surface area (TPSA) is 49.3 Å². The quantitative estimate of drug-likeness (QED) is 0.448. The van der Waals surface area contributed by atoms with Crippen LogP contribution in [-0.2, 0) is 13.1 Å². The molecule has 4 rings (SSSR count). The summed E-state index contributed by atoms with van der Waals surface area (Å²) in [5.41, 5.74) is 2.11. The minimum absolute atomic E-state index is 0.0157. The molecule has 3 aromatic rings. The highest BCUT2D eigenvalue weighted by molar-refractivity contribution is 6.31. The van der Waals surface area contributed by atoms with Crippen molar-refractivity contribution in [2.75, 3.05) is 4.90 Å². The van der Waals surface area contributed by atoms with Crippen molar-refractivity contribution in [3.05, 3.63) is 81.5 Å². The van der Waals surface area contributed by atoms with Gasteiger partial charge in [-0.3, -0.25) is 4.79 Å². The van der Waals surface area contributed by atoms with Crippen LogP contribution >= 0.6 is 23.2 Å². The second-order valence-corrected chi connectivity index (χ2v) is 9.12. The summed E-state index contributed by atoms with van der Waals surface area (Å²) in [5, 5.41) is 0.580. The Kier molecular flexibility index (Phi) is 5.62. The van der Waals surface area contributed by atoms with Gasteiger partial charge in [0.05, 0.1) is 6.54 Å². The zero-order valence-electron chi connectivity index (χ0n) is 17.4. The van der Waals surface area contributed by atoms with Gasteiger partial charge in [0.25, 0.3) is 5.91 Å². The Bertz CT molecular complexity index is 1150. The van der Waals surface area contributed by atoms with Crippen LogP contribution in [0.5, 0.6) is 0 Å². The maximum atomic E-state index is 13.5. The minimum atomic E-state index is -0.428. The molecule has 8 heteroatoms. The number of amides is 1. The number of nitrogens with zero attached hydrogens (tertiary/aromatic N) is 4. The van der Waals surface area contributed by atoms with Gasteiger partial charge in [0.1, 0.15) is 17.3 Å². The van der Waals surface area contributed by atoms with Gasteiger partial charge in [-0.25, -0.2) is 9.37 Å². The fourth-order valence-electron chi connectivity index (χ4n) is 3.74. The zero-order chi connectivity index (χ0) is 22.3. The lowest BCUT2D eigenvalue weighted by molar-refractivity contribution is 0.0762. The van der Waals surface area contributed by atoms with Crippen LogP contribution in [0.15, 0.2) is 48.5 Å². The third-order valence-electron chi connectivity index (χ3n) is 5.08. The first-order valence-electron chi connectivity index (χ1n) is 9.80. The SMILES string of the molecule is CC(C)(C)N(c1ccc(F)cc1)c1nc(Cl)nc2c1CN(Cc1ccccc1Cl)C2=O. The maximum Gasteiger partial charge on any atom is 0.273 e. The van der Waals surface area contributed by atoms with E-state index < -0.39 is 5.54 Å². The van der Waals surface area contributed by atoms with Gasteiger partial charge < -0.3 is 9.80 Å². The Morgan fingerprint density at radius 1 is 1.06 bits per heavy atom. The maximum absolute atomic E-state index is 13.5. The fourth-order valence-corrected chi connectivity index (χ4v) is 4.10. The molecule has 0 saturated carbocycles. The lowest BCUT2D eigenvalue weighted by atomic mass is 10.0. The smallest absolute Gasteiger partial charge is 0.273 e. The van der Waals surface area contributed by atoms with Crippen LogP contribution in [0.3, 0.4) is 0 Å². The molecule has 1 aromatic heterocycles. The molecule has 2 heterocycles. The third kappa shape index (κ3) is 4.23. The van der Waals surface area contributed by atoms with Crippen molar-refractivity contribution in [2.24, 2.45) is 0 Å². The molecule has 1 amide bonds. The summed E-state index contributed by atoms with van der Waals surface area (Å²) < 4.78 is 13.5. The molecule has 0 spiro atoms. The Hall–Kier alpha value is -2.70. The van der Waals surface area contributed by atoms with Crippen LogP contribution in [0.1, 0.15) is 42.4 Å². The van der Waals surface area contributed by atoms with Gasteiger partial charge in [-0.15, -0.1) is 0 Å². The molecule has 0 N–H and O–H groups in total. The van der Waals surface area contributed by atoms with Crippen molar-refractivity contribution in [3.8, 4) is 0 Å². The van der Waals surface area contributed by atoms with Crippen molar-refractivity contribution in [1.29, 1.82) is 0 Å². The van der Waals surface area contributed by atoms with Crippen LogP contribution in [0.4, 0.5) is 15.9 Å². The van der Waals surface area contributed by atoms with Gasteiger partial charge in [-0.05, 0) is 68.3 Å². The molecule has 0 bridgehead atoms. The van der Waals surface area contributed by atoms with Crippen LogP contribution < -0.4 is 4.90 Å². The minimum Gasteiger partial charge on any atom is -0.328 e. The molecule has 0 saturated heterocycles. The van der Waals surface area contributed by atoms with Gasteiger partial charge in [0, 0.05) is 28.4 Å². The second-order valence-electron chi connectivity index (χ2n) is 8.38. The normalized spacial score (nSPS) is 13.5. The first kappa shape index (κ1) is 21.5. The summed E-state index contributed by atoms with van der Waals surface area (Å²) in [6, 6.07) is 13.6. The van der Waals surface area contributed by atoms with E-state index in [1.165, 1.54) is 12.1 Å². The number of hydrogen-bond donors (Lipinski definition) is 0. The Labute approximate surface area is 190 Å². The van der Waals surface area contributed by atoms with Crippen molar-refractivity contribution >= 4 is 40.6 Å². The lowest BCUT2D eigenvalue weighted by Gasteiger charge is -2.37. The third-order valence-corrected chi connectivity index (χ3v) is 5.62. The van der Waals surface area contributed by atoms with Gasteiger partial charge in [-0.2, -0.15) is 4.98 Å². The van der Waals surface area contributed by atoms with Crippen molar-refractivity contribution in [3.63, 3.8) is 0 Å². The van der Waals surface area contributed by atoms with E-state index in [0.717, 1.165) is 11.3 Å². The van der Waals surface area contributed by atoms with Gasteiger partial charge in [-0.1, -0.05) is 29.8 Å². The summed E-state index contributed by atoms with van der Waals surface area (Å²) in [6.45, 7) is 6.70. The van der Waals surface area contributed by atoms with Crippen molar-refractivity contribution < 1.29 is 9.18 Å². The van der Waals surface area contributed by atoms with E-state index >= 15 is 0 Å². The molecule has 31 heavy (non-hydrogen) atoms. The molecule has 5 nitrogen and oxygen atoms in total. The van der Waals surface area contributed by atoms with E-state index in [-0.39, 0.29) is 22.7 Å². The summed E-state index contributed by atoms with van der Waals surface area (Å²) in [6.07, 6.45) is 0. The van der Waals surface area contributed by atoms with Crippen LogP contribution in [0.2, 0.25) is 10.3 Å². The second kappa shape index (κ2) is 8.09. The number of anilines is 2. The highest BCUT2D eigenvalue weighted by Gasteiger charge is 2.37. The molecule has 160 valence electrons. The van der Waals surface area contributed by atoms with E-state index in [9.17, 15) is 9.18 Å². The average molecular weight is 459 g/mol. The summed E-state index contributed by atoms with van der Waals surface area (Å²) in [5.74, 6) is -0.0257. The summed E-state index contributed by atoms with van der Waals surface area (Å²) >= 11 is 12.5. The van der Waals surface area contributed by atoms with Crippen LogP contribution in [0, 0.1) is 5.82 Å². The number of fused-ring (bicyclic) bond motifs is 1. The predicted octanol–water partition coefficient (Wildman–Crippen LogP) is 6.02. The van der Waals surface area contributed by atoms with Crippen LogP contribution in [0.25, 0.3) is 0 Å². The number of carbonyl (C=O) groups is 1. The van der Waals surface area contributed by atoms with Gasteiger partial charge in [0.2, 0.25) is 5.28 Å². The molecular formula is C23H21Cl2FN4O. The highest BCUT2D eigenvalue weighted by atomic mass is 35.5. The largest absolute Gasteiger partial charge is 0.328 e. The molecule has 2 aromatic carbocycles. The number of hydrogen-bond acceptors (Lipinski definition) is 4. The summed E-state index contributed by atoms with van der Waals surface area (Å²) in [4.78, 5) is 25.5. The number of halogens is 3. The monoisotopic (exact) mass is 458 g/mol. The molecular weight excluding hydrogens is 438 g/mol. The molecule has 1 aliphatic rings. The van der Waals surface area contributed by atoms with Crippen LogP contribution in [-0.4, -0.2) is 26.3 Å². The predicted molar refractivity (Wildman–Crippen MR) is 120 cm³/mol. The average Bonchev–Trinajstić information content (AvgIpc) is 3.00. The molecule has 0 atom stereocenters. The molecule has 0 aliphatic carbocycles. The summed E-state index contributed by atoms with van der Waals surface area (Å²) in [7, 11) is 0. The van der Waals surface area contributed by atoms with E-state index in [0.29, 0.717) is 29.5 Å². The van der Waals surface area contributed by atoms with Crippen molar-refractivity contribution in [2.45, 2.75) is 39.4 Å². The zero-order valence-corrected chi connectivity index (χ0v) is 18.9. The number of benzene rings is 2. The Morgan fingerprint density at radius 2 is 1.74 bits per heavy atom. The van der Waals surface area contributed by atoms with E-state index in [1.54, 1.807) is 23.1 Å². The van der Waals surface area contributed by atoms with E-state index in [2.05, 4.69) is 9.97 Å². The number of aromatic nitrogens is 2.